The lowest BCUT2D eigenvalue weighted by atomic mass is 10.2. The van der Waals surface area contributed by atoms with E-state index in [1.54, 1.807) is 0 Å². The summed E-state index contributed by atoms with van der Waals surface area (Å²) in [5.74, 6) is -1.38. The van der Waals surface area contributed by atoms with Gasteiger partial charge in [0.1, 0.15) is 0 Å². The molecule has 0 saturated carbocycles. The van der Waals surface area contributed by atoms with E-state index in [1.165, 1.54) is 6.07 Å². The average molecular weight is 262 g/mol. The Labute approximate surface area is 104 Å². The first kappa shape index (κ1) is 14.5. The van der Waals surface area contributed by atoms with Crippen molar-refractivity contribution < 1.29 is 17.9 Å². The van der Waals surface area contributed by atoms with Crippen LogP contribution in [0.3, 0.4) is 0 Å². The Morgan fingerprint density at radius 3 is 2.39 bits per heavy atom. The van der Waals surface area contributed by atoms with Gasteiger partial charge in [-0.05, 0) is 20.8 Å². The van der Waals surface area contributed by atoms with Gasteiger partial charge in [0.25, 0.3) is 0 Å². The molecular formula is C12H17F3N2O. The number of nitrogens with zero attached hydrogens (tertiary/aromatic N) is 1. The molecule has 0 radical (unpaired) electrons. The first-order chi connectivity index (χ1) is 8.36. The molecule has 0 aliphatic heterocycles. The summed E-state index contributed by atoms with van der Waals surface area (Å²) in [6.45, 7) is 3.32. The van der Waals surface area contributed by atoms with Crippen LogP contribution in [0.5, 0.6) is 5.75 Å². The van der Waals surface area contributed by atoms with Crippen LogP contribution >= 0.6 is 0 Å². The lowest BCUT2D eigenvalue weighted by Crippen LogP contribution is -2.31. The Kier molecular flexibility index (Phi) is 4.69. The molecule has 6 heteroatoms. The molecular weight excluding hydrogens is 245 g/mol. The third-order valence-electron chi connectivity index (χ3n) is 2.57. The zero-order valence-corrected chi connectivity index (χ0v) is 10.6. The smallest absolute Gasteiger partial charge is 0.387 e. The van der Waals surface area contributed by atoms with Crippen molar-refractivity contribution in [3.8, 4) is 5.75 Å². The summed E-state index contributed by atoms with van der Waals surface area (Å²) in [4.78, 5) is 1.87. The molecule has 0 spiro atoms. The molecule has 0 heterocycles. The van der Waals surface area contributed by atoms with Gasteiger partial charge >= 0.3 is 6.61 Å². The standard InChI is InChI=1S/C12H17F3N2O/c1-4-17(7(2)3)10-6-11(18-12(14)15)8(13)5-9(10)16/h5-7,12H,4,16H2,1-3H3. The van der Waals surface area contributed by atoms with E-state index in [-0.39, 0.29) is 11.7 Å². The molecule has 2 N–H and O–H groups in total. The van der Waals surface area contributed by atoms with Crippen LogP contribution in [0.2, 0.25) is 0 Å². The van der Waals surface area contributed by atoms with Gasteiger partial charge in [-0.3, -0.25) is 0 Å². The topological polar surface area (TPSA) is 38.5 Å². The molecule has 0 fully saturated rings. The molecule has 0 aliphatic rings. The summed E-state index contributed by atoms with van der Waals surface area (Å²) in [6, 6.07) is 2.32. The minimum Gasteiger partial charge on any atom is -0.432 e. The highest BCUT2D eigenvalue weighted by atomic mass is 19.3. The number of nitrogen functional groups attached to an aromatic ring is 1. The predicted octanol–water partition coefficient (Wildman–Crippen LogP) is 3.24. The third kappa shape index (κ3) is 3.21. The fraction of sp³-hybridized carbons (Fsp3) is 0.500. The number of rotatable bonds is 5. The lowest BCUT2D eigenvalue weighted by Gasteiger charge is -2.29. The van der Waals surface area contributed by atoms with E-state index in [0.717, 1.165) is 6.07 Å². The minimum absolute atomic E-state index is 0.113. The van der Waals surface area contributed by atoms with Gasteiger partial charge in [-0.15, -0.1) is 0 Å². The van der Waals surface area contributed by atoms with Crippen LogP contribution in [0.1, 0.15) is 20.8 Å². The maximum absolute atomic E-state index is 13.4. The van der Waals surface area contributed by atoms with E-state index in [1.807, 2.05) is 25.7 Å². The van der Waals surface area contributed by atoms with E-state index in [4.69, 9.17) is 5.73 Å². The molecule has 102 valence electrons. The summed E-state index contributed by atoms with van der Waals surface area (Å²) in [5.41, 5.74) is 6.40. The van der Waals surface area contributed by atoms with E-state index >= 15 is 0 Å². The first-order valence-corrected chi connectivity index (χ1v) is 5.67. The molecule has 3 nitrogen and oxygen atoms in total. The molecule has 0 bridgehead atoms. The SMILES string of the molecule is CCN(c1cc(OC(F)F)c(F)cc1N)C(C)C. The van der Waals surface area contributed by atoms with Crippen molar-refractivity contribution in [1.29, 1.82) is 0 Å². The van der Waals surface area contributed by atoms with Crippen molar-refractivity contribution in [3.05, 3.63) is 17.9 Å². The molecule has 0 unspecified atom stereocenters. The summed E-state index contributed by atoms with van der Waals surface area (Å²) < 4.78 is 41.8. The Balaban J connectivity index is 3.19. The van der Waals surface area contributed by atoms with Gasteiger partial charge in [0.15, 0.2) is 11.6 Å². The fourth-order valence-electron chi connectivity index (χ4n) is 1.81. The van der Waals surface area contributed by atoms with Crippen molar-refractivity contribution >= 4 is 11.4 Å². The number of ether oxygens (including phenoxy) is 1. The monoisotopic (exact) mass is 262 g/mol. The Bertz CT molecular complexity index is 411. The number of halogens is 3. The number of anilines is 2. The van der Waals surface area contributed by atoms with E-state index < -0.39 is 18.2 Å². The average Bonchev–Trinajstić information content (AvgIpc) is 2.24. The number of hydrogen-bond acceptors (Lipinski definition) is 3. The molecule has 0 aromatic heterocycles. The minimum atomic E-state index is -3.06. The highest BCUT2D eigenvalue weighted by Crippen LogP contribution is 2.32. The molecule has 0 aliphatic carbocycles. The highest BCUT2D eigenvalue weighted by Gasteiger charge is 2.17. The van der Waals surface area contributed by atoms with Crippen LogP contribution in [0, 0.1) is 5.82 Å². The Morgan fingerprint density at radius 2 is 1.94 bits per heavy atom. The van der Waals surface area contributed by atoms with Gasteiger partial charge < -0.3 is 15.4 Å². The normalized spacial score (nSPS) is 11.1. The maximum Gasteiger partial charge on any atom is 0.387 e. The van der Waals surface area contributed by atoms with Gasteiger partial charge in [-0.2, -0.15) is 8.78 Å². The summed E-state index contributed by atoms with van der Waals surface area (Å²) >= 11 is 0. The van der Waals surface area contributed by atoms with Gasteiger partial charge in [0, 0.05) is 24.7 Å². The summed E-state index contributed by atoms with van der Waals surface area (Å²) in [5, 5.41) is 0. The lowest BCUT2D eigenvalue weighted by molar-refractivity contribution is -0.0521. The summed E-state index contributed by atoms with van der Waals surface area (Å²) in [7, 11) is 0. The van der Waals surface area contributed by atoms with Gasteiger partial charge in [-0.25, -0.2) is 4.39 Å². The second-order valence-corrected chi connectivity index (χ2v) is 4.10. The van der Waals surface area contributed by atoms with E-state index in [0.29, 0.717) is 12.2 Å². The number of benzene rings is 1. The van der Waals surface area contributed by atoms with Gasteiger partial charge in [-0.1, -0.05) is 0 Å². The third-order valence-corrected chi connectivity index (χ3v) is 2.57. The molecule has 1 rings (SSSR count). The Hall–Kier alpha value is -1.59. The van der Waals surface area contributed by atoms with Crippen LogP contribution < -0.4 is 15.4 Å². The van der Waals surface area contributed by atoms with Gasteiger partial charge in [0.2, 0.25) is 0 Å². The van der Waals surface area contributed by atoms with Gasteiger partial charge in [0.05, 0.1) is 11.4 Å². The van der Waals surface area contributed by atoms with Crippen LogP contribution in [0.15, 0.2) is 12.1 Å². The predicted molar refractivity (Wildman–Crippen MR) is 65.6 cm³/mol. The van der Waals surface area contributed by atoms with Crippen LogP contribution in [-0.4, -0.2) is 19.2 Å². The molecule has 1 aromatic carbocycles. The zero-order chi connectivity index (χ0) is 13.9. The van der Waals surface area contributed by atoms with E-state index in [2.05, 4.69) is 4.74 Å². The van der Waals surface area contributed by atoms with Crippen LogP contribution in [0.4, 0.5) is 24.5 Å². The quantitative estimate of drug-likeness (QED) is 0.828. The second-order valence-electron chi connectivity index (χ2n) is 4.10. The maximum atomic E-state index is 13.4. The second kappa shape index (κ2) is 5.84. The first-order valence-electron chi connectivity index (χ1n) is 5.67. The van der Waals surface area contributed by atoms with Crippen molar-refractivity contribution in [2.24, 2.45) is 0 Å². The van der Waals surface area contributed by atoms with Crippen LogP contribution in [0.25, 0.3) is 0 Å². The zero-order valence-electron chi connectivity index (χ0n) is 10.6. The Morgan fingerprint density at radius 1 is 1.33 bits per heavy atom. The van der Waals surface area contributed by atoms with Crippen molar-refractivity contribution in [2.75, 3.05) is 17.2 Å². The molecule has 1 aromatic rings. The van der Waals surface area contributed by atoms with Crippen molar-refractivity contribution in [3.63, 3.8) is 0 Å². The van der Waals surface area contributed by atoms with Crippen molar-refractivity contribution in [1.82, 2.24) is 0 Å². The largest absolute Gasteiger partial charge is 0.432 e. The van der Waals surface area contributed by atoms with Crippen molar-refractivity contribution in [2.45, 2.75) is 33.4 Å². The molecule has 0 saturated heterocycles. The summed E-state index contributed by atoms with van der Waals surface area (Å²) in [6.07, 6.45) is 0. The molecule has 0 amide bonds. The highest BCUT2D eigenvalue weighted by molar-refractivity contribution is 5.70. The fourth-order valence-corrected chi connectivity index (χ4v) is 1.81. The van der Waals surface area contributed by atoms with E-state index in [9.17, 15) is 13.2 Å². The van der Waals surface area contributed by atoms with Crippen LogP contribution in [-0.2, 0) is 0 Å². The molecule has 18 heavy (non-hydrogen) atoms. The number of hydrogen-bond donors (Lipinski definition) is 1. The molecule has 0 atom stereocenters. The number of nitrogens with two attached hydrogens (primary N) is 1. The number of alkyl halides is 2.